The quantitative estimate of drug-likeness (QED) is 0.671. The summed E-state index contributed by atoms with van der Waals surface area (Å²) in [6, 6.07) is 11.3. The third-order valence-corrected chi connectivity index (χ3v) is 3.08. The summed E-state index contributed by atoms with van der Waals surface area (Å²) in [4.78, 5) is 20.2. The van der Waals surface area contributed by atoms with Crippen molar-refractivity contribution in [1.82, 2.24) is 19.6 Å². The van der Waals surface area contributed by atoms with Crippen LogP contribution >= 0.6 is 0 Å². The number of nitrogens with zero attached hydrogens (tertiary/aromatic N) is 4. The van der Waals surface area contributed by atoms with Gasteiger partial charge in [-0.05, 0) is 13.8 Å². The first-order chi connectivity index (χ1) is 11.2. The molecule has 0 spiro atoms. The molecule has 2 aromatic heterocycles. The van der Waals surface area contributed by atoms with E-state index in [1.807, 2.05) is 37.3 Å². The molecule has 0 aliphatic heterocycles. The van der Waals surface area contributed by atoms with Gasteiger partial charge in [-0.2, -0.15) is 9.50 Å². The second-order valence-electron chi connectivity index (χ2n) is 4.84. The molecule has 0 bridgehead atoms. The third-order valence-electron chi connectivity index (χ3n) is 3.08. The molecule has 2 heterocycles. The van der Waals surface area contributed by atoms with Gasteiger partial charge < -0.3 is 9.47 Å². The van der Waals surface area contributed by atoms with E-state index in [0.29, 0.717) is 24.1 Å². The predicted molar refractivity (Wildman–Crippen MR) is 83.1 cm³/mol. The molecule has 0 unspecified atom stereocenters. The van der Waals surface area contributed by atoms with Gasteiger partial charge in [0.1, 0.15) is 0 Å². The SMILES string of the molecule is CCOC(=O)COc1cc(C)nc2nc(-c3ccccc3)nn12. The number of esters is 1. The number of rotatable bonds is 5. The molecular weight excluding hydrogens is 296 g/mol. The minimum atomic E-state index is -0.432. The molecule has 7 heteroatoms. The van der Waals surface area contributed by atoms with Crippen molar-refractivity contribution in [1.29, 1.82) is 0 Å². The van der Waals surface area contributed by atoms with E-state index in [2.05, 4.69) is 15.1 Å². The van der Waals surface area contributed by atoms with Crippen molar-refractivity contribution in [2.24, 2.45) is 0 Å². The zero-order chi connectivity index (χ0) is 16.2. The minimum absolute atomic E-state index is 0.188. The summed E-state index contributed by atoms with van der Waals surface area (Å²) in [5.41, 5.74) is 1.61. The fourth-order valence-electron chi connectivity index (χ4n) is 2.10. The molecule has 7 nitrogen and oxygen atoms in total. The largest absolute Gasteiger partial charge is 0.465 e. The first-order valence-corrected chi connectivity index (χ1v) is 7.25. The fraction of sp³-hybridized carbons (Fsp3) is 0.250. The van der Waals surface area contributed by atoms with Gasteiger partial charge in [-0.25, -0.2) is 9.78 Å². The van der Waals surface area contributed by atoms with E-state index in [1.165, 1.54) is 4.52 Å². The highest BCUT2D eigenvalue weighted by Gasteiger charge is 2.13. The normalized spacial score (nSPS) is 10.7. The summed E-state index contributed by atoms with van der Waals surface area (Å²) >= 11 is 0. The van der Waals surface area contributed by atoms with Crippen molar-refractivity contribution in [2.45, 2.75) is 13.8 Å². The Labute approximate surface area is 132 Å². The standard InChI is InChI=1S/C16H16N4O3/c1-3-22-14(21)10-23-13-9-11(2)17-16-18-15(19-20(13)16)12-7-5-4-6-8-12/h4-9H,3,10H2,1-2H3. The Morgan fingerprint density at radius 2 is 2.00 bits per heavy atom. The highest BCUT2D eigenvalue weighted by Crippen LogP contribution is 2.19. The summed E-state index contributed by atoms with van der Waals surface area (Å²) in [6.45, 7) is 3.70. The van der Waals surface area contributed by atoms with Crippen LogP contribution in [0, 0.1) is 6.92 Å². The molecule has 3 aromatic rings. The van der Waals surface area contributed by atoms with Crippen LogP contribution in [0.25, 0.3) is 17.2 Å². The van der Waals surface area contributed by atoms with Crippen molar-refractivity contribution in [2.75, 3.05) is 13.2 Å². The van der Waals surface area contributed by atoms with Crippen LogP contribution in [0.15, 0.2) is 36.4 Å². The highest BCUT2D eigenvalue weighted by molar-refractivity contribution is 5.71. The average Bonchev–Trinajstić information content (AvgIpc) is 2.97. The van der Waals surface area contributed by atoms with Crippen LogP contribution in [0.1, 0.15) is 12.6 Å². The summed E-state index contributed by atoms with van der Waals surface area (Å²) in [6.07, 6.45) is 0. The predicted octanol–water partition coefficient (Wildman–Crippen LogP) is 2.04. The van der Waals surface area contributed by atoms with Crippen LogP contribution < -0.4 is 4.74 Å². The Hall–Kier alpha value is -2.96. The Bertz CT molecular complexity index is 830. The van der Waals surface area contributed by atoms with Gasteiger partial charge in [-0.3, -0.25) is 0 Å². The van der Waals surface area contributed by atoms with Gasteiger partial charge in [-0.15, -0.1) is 5.10 Å². The summed E-state index contributed by atoms with van der Waals surface area (Å²) in [5.74, 6) is 0.932. The van der Waals surface area contributed by atoms with E-state index in [9.17, 15) is 4.79 Å². The van der Waals surface area contributed by atoms with Crippen LogP contribution in [0.4, 0.5) is 0 Å². The van der Waals surface area contributed by atoms with Crippen molar-refractivity contribution in [3.05, 3.63) is 42.1 Å². The van der Waals surface area contributed by atoms with Crippen molar-refractivity contribution >= 4 is 11.7 Å². The first kappa shape index (κ1) is 15.0. The summed E-state index contributed by atoms with van der Waals surface area (Å²) in [7, 11) is 0. The van der Waals surface area contributed by atoms with Crippen molar-refractivity contribution in [3.63, 3.8) is 0 Å². The molecule has 3 rings (SSSR count). The Kier molecular flexibility index (Phi) is 4.18. The number of hydrogen-bond acceptors (Lipinski definition) is 6. The fourth-order valence-corrected chi connectivity index (χ4v) is 2.10. The maximum atomic E-state index is 11.5. The molecule has 0 aliphatic rings. The van der Waals surface area contributed by atoms with E-state index >= 15 is 0 Å². The molecular formula is C16H16N4O3. The molecule has 1 aromatic carbocycles. The number of aryl methyl sites for hydroxylation is 1. The molecule has 118 valence electrons. The van der Waals surface area contributed by atoms with Crippen molar-refractivity contribution in [3.8, 4) is 17.3 Å². The first-order valence-electron chi connectivity index (χ1n) is 7.25. The lowest BCUT2D eigenvalue weighted by Crippen LogP contribution is -2.16. The Morgan fingerprint density at radius 1 is 1.22 bits per heavy atom. The Morgan fingerprint density at radius 3 is 2.74 bits per heavy atom. The van der Waals surface area contributed by atoms with Gasteiger partial charge in [0.2, 0.25) is 5.88 Å². The molecule has 0 N–H and O–H groups in total. The number of aromatic nitrogens is 4. The van der Waals surface area contributed by atoms with Crippen LogP contribution in [0.5, 0.6) is 5.88 Å². The maximum Gasteiger partial charge on any atom is 0.344 e. The molecule has 0 aliphatic carbocycles. The lowest BCUT2D eigenvalue weighted by Gasteiger charge is -2.07. The highest BCUT2D eigenvalue weighted by atomic mass is 16.6. The number of carbonyl (C=O) groups is 1. The maximum absolute atomic E-state index is 11.5. The molecule has 0 fully saturated rings. The van der Waals surface area contributed by atoms with Crippen molar-refractivity contribution < 1.29 is 14.3 Å². The molecule has 0 radical (unpaired) electrons. The minimum Gasteiger partial charge on any atom is -0.465 e. The van der Waals surface area contributed by atoms with Gasteiger partial charge >= 0.3 is 5.97 Å². The van der Waals surface area contributed by atoms with Crippen LogP contribution in [0.2, 0.25) is 0 Å². The second kappa shape index (κ2) is 6.43. The number of fused-ring (bicyclic) bond motifs is 1. The molecule has 0 saturated carbocycles. The lowest BCUT2D eigenvalue weighted by molar-refractivity contribution is -0.145. The number of benzene rings is 1. The van der Waals surface area contributed by atoms with Crippen LogP contribution in [0.3, 0.4) is 0 Å². The van der Waals surface area contributed by atoms with Gasteiger partial charge in [0.25, 0.3) is 5.78 Å². The smallest absolute Gasteiger partial charge is 0.344 e. The zero-order valence-electron chi connectivity index (χ0n) is 12.9. The third kappa shape index (κ3) is 3.28. The monoisotopic (exact) mass is 312 g/mol. The topological polar surface area (TPSA) is 78.6 Å². The Balaban J connectivity index is 1.95. The van der Waals surface area contributed by atoms with Gasteiger partial charge in [-0.1, -0.05) is 30.3 Å². The summed E-state index contributed by atoms with van der Waals surface area (Å²) in [5, 5.41) is 4.41. The van der Waals surface area contributed by atoms with Gasteiger partial charge in [0.15, 0.2) is 12.4 Å². The molecule has 23 heavy (non-hydrogen) atoms. The van der Waals surface area contributed by atoms with E-state index < -0.39 is 5.97 Å². The van der Waals surface area contributed by atoms with E-state index in [1.54, 1.807) is 13.0 Å². The number of ether oxygens (including phenoxy) is 2. The second-order valence-corrected chi connectivity index (χ2v) is 4.84. The zero-order valence-corrected chi connectivity index (χ0v) is 12.9. The molecule has 0 saturated heterocycles. The van der Waals surface area contributed by atoms with Crippen LogP contribution in [-0.2, 0) is 9.53 Å². The lowest BCUT2D eigenvalue weighted by atomic mass is 10.2. The van der Waals surface area contributed by atoms with E-state index in [-0.39, 0.29) is 6.61 Å². The molecule has 0 amide bonds. The van der Waals surface area contributed by atoms with E-state index in [0.717, 1.165) is 11.3 Å². The van der Waals surface area contributed by atoms with E-state index in [4.69, 9.17) is 9.47 Å². The molecule has 0 atom stereocenters. The van der Waals surface area contributed by atoms with Gasteiger partial charge in [0.05, 0.1) is 6.61 Å². The van der Waals surface area contributed by atoms with Gasteiger partial charge in [0, 0.05) is 17.3 Å². The number of hydrogen-bond donors (Lipinski definition) is 0. The average molecular weight is 312 g/mol. The van der Waals surface area contributed by atoms with Crippen LogP contribution in [-0.4, -0.2) is 38.8 Å². The summed E-state index contributed by atoms with van der Waals surface area (Å²) < 4.78 is 11.8. The number of carbonyl (C=O) groups excluding carboxylic acids is 1.